The Labute approximate surface area is 51.2 Å². The van der Waals surface area contributed by atoms with E-state index in [2.05, 4.69) is 14.8 Å². The fourth-order valence-electron chi connectivity index (χ4n) is 0.592. The number of esters is 1. The molecule has 1 fully saturated rings. The van der Waals surface area contributed by atoms with Crippen LogP contribution in [0.1, 0.15) is 6.42 Å². The highest BCUT2D eigenvalue weighted by Crippen LogP contribution is 2.12. The van der Waals surface area contributed by atoms with Gasteiger partial charge in [-0.25, -0.2) is 0 Å². The molecule has 0 aromatic rings. The first-order valence-corrected chi connectivity index (χ1v) is 2.53. The lowest BCUT2D eigenvalue weighted by atomic mass is 10.2. The van der Waals surface area contributed by atoms with Gasteiger partial charge in [-0.05, 0) is 5.53 Å². The van der Waals surface area contributed by atoms with Crippen LogP contribution in [0.15, 0.2) is 5.11 Å². The fourth-order valence-corrected chi connectivity index (χ4v) is 0.592. The molecule has 0 aliphatic carbocycles. The number of hydrogen-bond acceptors (Lipinski definition) is 3. The Morgan fingerprint density at radius 3 is 3.11 bits per heavy atom. The van der Waals surface area contributed by atoms with Crippen molar-refractivity contribution in [3.8, 4) is 0 Å². The molecule has 48 valence electrons. The molecule has 0 aromatic carbocycles. The van der Waals surface area contributed by atoms with Crippen molar-refractivity contribution in [2.24, 2.45) is 5.11 Å². The number of azide groups is 1. The van der Waals surface area contributed by atoms with Crippen LogP contribution >= 0.6 is 0 Å². The van der Waals surface area contributed by atoms with Gasteiger partial charge in [-0.2, -0.15) is 0 Å². The molecule has 0 amide bonds. The van der Waals surface area contributed by atoms with Crippen LogP contribution in [0.2, 0.25) is 0 Å². The lowest BCUT2D eigenvalue weighted by Gasteiger charge is -2.23. The smallest absolute Gasteiger partial charge is 0.309 e. The van der Waals surface area contributed by atoms with E-state index in [1.165, 1.54) is 0 Å². The normalized spacial score (nSPS) is 23.6. The van der Waals surface area contributed by atoms with Gasteiger partial charge in [-0.15, -0.1) is 0 Å². The summed E-state index contributed by atoms with van der Waals surface area (Å²) in [5.74, 6) is -0.215. The number of cyclic esters (lactones) is 1. The minimum Gasteiger partial charge on any atom is -0.462 e. The topological polar surface area (TPSA) is 75.1 Å². The molecule has 0 saturated carbocycles. The highest BCUT2D eigenvalue weighted by atomic mass is 16.6. The fraction of sp³-hybridized carbons (Fsp3) is 0.750. The molecule has 9 heavy (non-hydrogen) atoms. The quantitative estimate of drug-likeness (QED) is 0.236. The molecule has 1 aliphatic rings. The summed E-state index contributed by atoms with van der Waals surface area (Å²) in [6.45, 7) is 0.266. The van der Waals surface area contributed by atoms with E-state index in [0.717, 1.165) is 0 Å². The van der Waals surface area contributed by atoms with E-state index < -0.39 is 0 Å². The maximum atomic E-state index is 10.1. The van der Waals surface area contributed by atoms with E-state index in [-0.39, 0.29) is 18.6 Å². The van der Waals surface area contributed by atoms with Gasteiger partial charge in [0.1, 0.15) is 6.10 Å². The Hall–Kier alpha value is -1.22. The van der Waals surface area contributed by atoms with Gasteiger partial charge < -0.3 is 4.74 Å². The minimum absolute atomic E-state index is 0.159. The summed E-state index contributed by atoms with van der Waals surface area (Å²) in [5, 5.41) is 3.23. The van der Waals surface area contributed by atoms with E-state index in [1.807, 2.05) is 0 Å². The summed E-state index contributed by atoms with van der Waals surface area (Å²) in [5.41, 5.74) is 7.82. The van der Waals surface area contributed by atoms with Gasteiger partial charge in [-0.1, -0.05) is 5.11 Å². The van der Waals surface area contributed by atoms with E-state index >= 15 is 0 Å². The molecular weight excluding hydrogens is 122 g/mol. The minimum atomic E-state index is -0.215. The third-order valence-electron chi connectivity index (χ3n) is 1.04. The van der Waals surface area contributed by atoms with Crippen LogP contribution in [0, 0.1) is 0 Å². The van der Waals surface area contributed by atoms with E-state index in [0.29, 0.717) is 6.42 Å². The Morgan fingerprint density at radius 2 is 2.67 bits per heavy atom. The molecular formula is C4H5N3O2. The maximum Gasteiger partial charge on any atom is 0.309 e. The number of ether oxygens (including phenoxy) is 1. The zero-order chi connectivity index (χ0) is 6.69. The van der Waals surface area contributed by atoms with Crippen molar-refractivity contribution in [3.05, 3.63) is 10.4 Å². The molecule has 0 bridgehead atoms. The first-order chi connectivity index (χ1) is 4.33. The molecule has 5 nitrogen and oxygen atoms in total. The maximum absolute atomic E-state index is 10.1. The highest BCUT2D eigenvalue weighted by molar-refractivity contribution is 5.75. The van der Waals surface area contributed by atoms with Gasteiger partial charge in [0, 0.05) is 4.91 Å². The number of rotatable bonds is 2. The lowest BCUT2D eigenvalue weighted by molar-refractivity contribution is -0.168. The molecule has 1 saturated heterocycles. The first kappa shape index (κ1) is 5.91. The largest absolute Gasteiger partial charge is 0.462 e. The number of nitrogens with zero attached hydrogens (tertiary/aromatic N) is 3. The molecule has 1 aliphatic heterocycles. The van der Waals surface area contributed by atoms with E-state index in [1.54, 1.807) is 0 Å². The second kappa shape index (κ2) is 2.37. The van der Waals surface area contributed by atoms with Crippen molar-refractivity contribution < 1.29 is 9.53 Å². The van der Waals surface area contributed by atoms with Crippen LogP contribution in [0.5, 0.6) is 0 Å². The van der Waals surface area contributed by atoms with Crippen molar-refractivity contribution in [3.63, 3.8) is 0 Å². The highest BCUT2D eigenvalue weighted by Gasteiger charge is 2.26. The standard InChI is InChI=1S/C4H5N3O2/c5-7-6-2-3-1-4(8)9-3/h3H,1-2H2. The zero-order valence-corrected chi connectivity index (χ0v) is 4.65. The average molecular weight is 127 g/mol. The SMILES string of the molecule is [N-]=[N+]=NCC1CC(=O)O1. The zero-order valence-electron chi connectivity index (χ0n) is 4.65. The Balaban J connectivity index is 2.17. The Kier molecular flexibility index (Phi) is 1.55. The molecule has 0 radical (unpaired) electrons. The van der Waals surface area contributed by atoms with Gasteiger partial charge in [0.15, 0.2) is 0 Å². The van der Waals surface area contributed by atoms with Crippen LogP contribution in [0.4, 0.5) is 0 Å². The molecule has 1 atom stereocenters. The van der Waals surface area contributed by atoms with Gasteiger partial charge >= 0.3 is 5.97 Å². The summed E-state index contributed by atoms with van der Waals surface area (Å²) in [6.07, 6.45) is 0.229. The second-order valence-electron chi connectivity index (χ2n) is 1.73. The molecule has 1 heterocycles. The van der Waals surface area contributed by atoms with Crippen LogP contribution in [0.3, 0.4) is 0 Å². The molecule has 1 rings (SSSR count). The van der Waals surface area contributed by atoms with Crippen molar-refractivity contribution in [1.82, 2.24) is 0 Å². The first-order valence-electron chi connectivity index (χ1n) is 2.53. The average Bonchev–Trinajstić information content (AvgIpc) is 1.78. The Bertz CT molecular complexity index is 165. The summed E-state index contributed by atoms with van der Waals surface area (Å²) < 4.78 is 4.54. The molecule has 0 spiro atoms. The predicted octanol–water partition coefficient (Wildman–Crippen LogP) is 0.612. The molecule has 0 N–H and O–H groups in total. The van der Waals surface area contributed by atoms with Gasteiger partial charge in [0.05, 0.1) is 13.0 Å². The van der Waals surface area contributed by atoms with E-state index in [4.69, 9.17) is 5.53 Å². The van der Waals surface area contributed by atoms with Crippen molar-refractivity contribution >= 4 is 5.97 Å². The number of carbonyl (C=O) groups is 1. The molecule has 1 unspecified atom stereocenters. The summed E-state index contributed by atoms with van der Waals surface area (Å²) in [4.78, 5) is 12.6. The Morgan fingerprint density at radius 1 is 2.00 bits per heavy atom. The third-order valence-corrected chi connectivity index (χ3v) is 1.04. The molecule has 5 heteroatoms. The summed E-state index contributed by atoms with van der Waals surface area (Å²) in [6, 6.07) is 0. The van der Waals surface area contributed by atoms with Crippen molar-refractivity contribution in [2.75, 3.05) is 6.54 Å². The summed E-state index contributed by atoms with van der Waals surface area (Å²) >= 11 is 0. The van der Waals surface area contributed by atoms with Crippen LogP contribution in [-0.2, 0) is 9.53 Å². The predicted molar refractivity (Wildman–Crippen MR) is 28.5 cm³/mol. The van der Waals surface area contributed by atoms with Gasteiger partial charge in [0.25, 0.3) is 0 Å². The van der Waals surface area contributed by atoms with Crippen molar-refractivity contribution in [2.45, 2.75) is 12.5 Å². The lowest BCUT2D eigenvalue weighted by Crippen LogP contribution is -2.34. The van der Waals surface area contributed by atoms with Gasteiger partial charge in [0.2, 0.25) is 0 Å². The van der Waals surface area contributed by atoms with E-state index in [9.17, 15) is 4.79 Å². The van der Waals surface area contributed by atoms with Gasteiger partial charge in [-0.3, -0.25) is 4.79 Å². The summed E-state index contributed by atoms with van der Waals surface area (Å²) in [7, 11) is 0. The van der Waals surface area contributed by atoms with Crippen molar-refractivity contribution in [1.29, 1.82) is 0 Å². The van der Waals surface area contributed by atoms with Crippen LogP contribution < -0.4 is 0 Å². The third kappa shape index (κ3) is 1.33. The molecule has 0 aromatic heterocycles. The van der Waals surface area contributed by atoms with Crippen LogP contribution in [0.25, 0.3) is 10.4 Å². The second-order valence-corrected chi connectivity index (χ2v) is 1.73. The van der Waals surface area contributed by atoms with Crippen LogP contribution in [-0.4, -0.2) is 18.6 Å². The monoisotopic (exact) mass is 127 g/mol. The number of carbonyl (C=O) groups excluding carboxylic acids is 1. The number of hydrogen-bond donors (Lipinski definition) is 0.